The van der Waals surface area contributed by atoms with E-state index in [4.69, 9.17) is 4.74 Å². The van der Waals surface area contributed by atoms with Crippen molar-refractivity contribution < 1.29 is 9.53 Å². The lowest BCUT2D eigenvalue weighted by molar-refractivity contribution is 0.216. The number of carbonyl (C=O) groups is 1. The van der Waals surface area contributed by atoms with E-state index in [9.17, 15) is 4.79 Å². The first-order chi connectivity index (χ1) is 8.04. The summed E-state index contributed by atoms with van der Waals surface area (Å²) in [4.78, 5) is 13.2. The minimum absolute atomic E-state index is 0.0128. The molecule has 92 valence electrons. The number of nitrogens with zero attached hydrogens (tertiary/aromatic N) is 1. The number of hydrogen-bond donors (Lipinski definition) is 1. The molecule has 1 N–H and O–H groups in total. The van der Waals surface area contributed by atoms with E-state index in [1.807, 2.05) is 20.9 Å². The van der Waals surface area contributed by atoms with Gasteiger partial charge in [0, 0.05) is 13.6 Å². The molecule has 17 heavy (non-hydrogen) atoms. The van der Waals surface area contributed by atoms with Crippen LogP contribution in [-0.2, 0) is 0 Å². The second-order valence-corrected chi connectivity index (χ2v) is 4.50. The summed E-state index contributed by atoms with van der Waals surface area (Å²) in [6.07, 6.45) is 0. The first kappa shape index (κ1) is 11.8. The Bertz CT molecular complexity index is 434. The molecule has 1 aromatic carbocycles. The van der Waals surface area contributed by atoms with Gasteiger partial charge in [0.15, 0.2) is 0 Å². The number of methoxy groups -OCH3 is 1. The number of hydrogen-bond acceptors (Lipinski definition) is 2. The molecular weight excluding hydrogens is 216 g/mol. The van der Waals surface area contributed by atoms with E-state index in [0.717, 1.165) is 22.4 Å². The quantitative estimate of drug-likeness (QED) is 0.850. The van der Waals surface area contributed by atoms with Crippen molar-refractivity contribution in [2.45, 2.75) is 19.9 Å². The van der Waals surface area contributed by atoms with E-state index < -0.39 is 0 Å². The van der Waals surface area contributed by atoms with Gasteiger partial charge < -0.3 is 15.0 Å². The molecule has 1 saturated heterocycles. The Morgan fingerprint density at radius 2 is 1.94 bits per heavy atom. The Morgan fingerprint density at radius 1 is 1.35 bits per heavy atom. The zero-order valence-electron chi connectivity index (χ0n) is 10.7. The number of carbonyl (C=O) groups excluding carboxylic acids is 1. The van der Waals surface area contributed by atoms with Crippen molar-refractivity contribution in [2.24, 2.45) is 0 Å². The average molecular weight is 234 g/mol. The van der Waals surface area contributed by atoms with Crippen molar-refractivity contribution in [3.05, 3.63) is 28.8 Å². The van der Waals surface area contributed by atoms with Crippen LogP contribution in [0.2, 0.25) is 0 Å². The maximum atomic E-state index is 11.4. The van der Waals surface area contributed by atoms with Crippen LogP contribution in [0.15, 0.2) is 12.1 Å². The largest absolute Gasteiger partial charge is 0.496 e. The van der Waals surface area contributed by atoms with Crippen molar-refractivity contribution in [3.63, 3.8) is 0 Å². The summed E-state index contributed by atoms with van der Waals surface area (Å²) in [5.74, 6) is 0.925. The molecule has 1 atom stereocenters. The molecule has 1 heterocycles. The lowest BCUT2D eigenvalue weighted by Crippen LogP contribution is -2.25. The second-order valence-electron chi connectivity index (χ2n) is 4.50. The van der Waals surface area contributed by atoms with Crippen molar-refractivity contribution in [2.75, 3.05) is 20.7 Å². The Kier molecular flexibility index (Phi) is 2.96. The third kappa shape index (κ3) is 1.95. The van der Waals surface area contributed by atoms with E-state index in [1.54, 1.807) is 12.0 Å². The number of likely N-dealkylation sites (N-methyl/N-ethyl adjacent to an activating group) is 1. The molecular formula is C13H18N2O2. The monoisotopic (exact) mass is 234 g/mol. The molecule has 1 aromatic rings. The Hall–Kier alpha value is -1.71. The zero-order valence-corrected chi connectivity index (χ0v) is 10.7. The van der Waals surface area contributed by atoms with Gasteiger partial charge in [-0.3, -0.25) is 0 Å². The zero-order chi connectivity index (χ0) is 12.6. The van der Waals surface area contributed by atoms with Crippen molar-refractivity contribution in [1.29, 1.82) is 0 Å². The number of aryl methyl sites for hydroxylation is 2. The second kappa shape index (κ2) is 4.28. The molecule has 0 spiro atoms. The number of amides is 2. The maximum Gasteiger partial charge on any atom is 0.317 e. The number of benzene rings is 1. The van der Waals surface area contributed by atoms with Crippen LogP contribution in [0.5, 0.6) is 5.75 Å². The molecule has 2 rings (SSSR count). The summed E-state index contributed by atoms with van der Waals surface area (Å²) in [6, 6.07) is 4.28. The fourth-order valence-corrected chi connectivity index (χ4v) is 2.43. The van der Waals surface area contributed by atoms with Gasteiger partial charge in [-0.15, -0.1) is 0 Å². The first-order valence-corrected chi connectivity index (χ1v) is 5.70. The van der Waals surface area contributed by atoms with E-state index in [1.165, 1.54) is 0 Å². The molecule has 1 aliphatic heterocycles. The summed E-state index contributed by atoms with van der Waals surface area (Å²) in [5.41, 5.74) is 3.37. The maximum absolute atomic E-state index is 11.4. The number of nitrogens with one attached hydrogen (secondary N) is 1. The van der Waals surface area contributed by atoms with Gasteiger partial charge in [0.05, 0.1) is 13.2 Å². The van der Waals surface area contributed by atoms with Crippen LogP contribution in [0.3, 0.4) is 0 Å². The third-order valence-electron chi connectivity index (χ3n) is 3.31. The van der Waals surface area contributed by atoms with Gasteiger partial charge in [-0.25, -0.2) is 4.79 Å². The fraction of sp³-hybridized carbons (Fsp3) is 0.462. The summed E-state index contributed by atoms with van der Waals surface area (Å²) in [7, 11) is 3.50. The van der Waals surface area contributed by atoms with Crippen LogP contribution in [0, 0.1) is 13.8 Å². The van der Waals surface area contributed by atoms with Crippen LogP contribution in [0.4, 0.5) is 4.79 Å². The number of ether oxygens (including phenoxy) is 1. The molecule has 0 saturated carbocycles. The molecule has 0 aromatic heterocycles. The van der Waals surface area contributed by atoms with Crippen molar-refractivity contribution >= 4 is 6.03 Å². The predicted octanol–water partition coefficient (Wildman–Crippen LogP) is 2.01. The highest BCUT2D eigenvalue weighted by Crippen LogP contribution is 2.30. The molecule has 4 nitrogen and oxygen atoms in total. The SMILES string of the molecule is COc1c(C)cc(C2CNC(=O)N2C)cc1C. The highest BCUT2D eigenvalue weighted by Gasteiger charge is 2.28. The summed E-state index contributed by atoms with van der Waals surface area (Å²) in [5, 5.41) is 2.84. The Balaban J connectivity index is 2.38. The standard InChI is InChI=1S/C13H18N2O2/c1-8-5-10(6-9(2)12(8)17-4)11-7-14-13(16)15(11)3/h5-6,11H,7H2,1-4H3,(H,14,16). The predicted molar refractivity (Wildman–Crippen MR) is 66.4 cm³/mol. The van der Waals surface area contributed by atoms with Crippen molar-refractivity contribution in [1.82, 2.24) is 10.2 Å². The molecule has 0 bridgehead atoms. The van der Waals surface area contributed by atoms with Gasteiger partial charge in [-0.05, 0) is 30.5 Å². The third-order valence-corrected chi connectivity index (χ3v) is 3.31. The molecule has 0 radical (unpaired) electrons. The van der Waals surface area contributed by atoms with E-state index in [-0.39, 0.29) is 12.1 Å². The van der Waals surface area contributed by atoms with Crippen LogP contribution in [-0.4, -0.2) is 31.6 Å². The minimum Gasteiger partial charge on any atom is -0.496 e. The van der Waals surface area contributed by atoms with Gasteiger partial charge in [-0.2, -0.15) is 0 Å². The van der Waals surface area contributed by atoms with Crippen LogP contribution < -0.4 is 10.1 Å². The molecule has 1 fully saturated rings. The van der Waals surface area contributed by atoms with E-state index >= 15 is 0 Å². The molecule has 2 amide bonds. The van der Waals surface area contributed by atoms with Gasteiger partial charge in [0.25, 0.3) is 0 Å². The van der Waals surface area contributed by atoms with E-state index in [2.05, 4.69) is 17.4 Å². The summed E-state index contributed by atoms with van der Waals surface area (Å²) in [6.45, 7) is 4.72. The Morgan fingerprint density at radius 3 is 2.35 bits per heavy atom. The van der Waals surface area contributed by atoms with Gasteiger partial charge in [-0.1, -0.05) is 12.1 Å². The fourth-order valence-electron chi connectivity index (χ4n) is 2.43. The highest BCUT2D eigenvalue weighted by molar-refractivity contribution is 5.77. The first-order valence-electron chi connectivity index (χ1n) is 5.70. The highest BCUT2D eigenvalue weighted by atomic mass is 16.5. The van der Waals surface area contributed by atoms with Crippen molar-refractivity contribution in [3.8, 4) is 5.75 Å². The van der Waals surface area contributed by atoms with Gasteiger partial charge >= 0.3 is 6.03 Å². The summed E-state index contributed by atoms with van der Waals surface area (Å²) >= 11 is 0. The Labute approximate surface area is 102 Å². The average Bonchev–Trinajstić information content (AvgIpc) is 2.59. The van der Waals surface area contributed by atoms with Gasteiger partial charge in [0.1, 0.15) is 5.75 Å². The van der Waals surface area contributed by atoms with Crippen LogP contribution in [0.1, 0.15) is 22.7 Å². The number of urea groups is 1. The molecule has 4 heteroatoms. The molecule has 0 aliphatic carbocycles. The van der Waals surface area contributed by atoms with Gasteiger partial charge in [0.2, 0.25) is 0 Å². The van der Waals surface area contributed by atoms with E-state index in [0.29, 0.717) is 6.54 Å². The lowest BCUT2D eigenvalue weighted by Gasteiger charge is -2.20. The normalized spacial score (nSPS) is 19.4. The molecule has 1 unspecified atom stereocenters. The summed E-state index contributed by atoms with van der Waals surface area (Å²) < 4.78 is 5.35. The lowest BCUT2D eigenvalue weighted by atomic mass is 10.00. The number of rotatable bonds is 2. The molecule has 1 aliphatic rings. The van der Waals surface area contributed by atoms with Crippen LogP contribution in [0.25, 0.3) is 0 Å². The minimum atomic E-state index is -0.0128. The smallest absolute Gasteiger partial charge is 0.317 e. The van der Waals surface area contributed by atoms with Crippen LogP contribution >= 0.6 is 0 Å². The topological polar surface area (TPSA) is 41.6 Å².